The highest BCUT2D eigenvalue weighted by atomic mass is 35.5. The summed E-state index contributed by atoms with van der Waals surface area (Å²) in [5, 5.41) is 0.712. The molecule has 3 aliphatic rings. The fourth-order valence-electron chi connectivity index (χ4n) is 4.23. The van der Waals surface area contributed by atoms with Crippen LogP contribution in [-0.4, -0.2) is 40.9 Å². The number of hydrogen-bond donors (Lipinski definition) is 1. The van der Waals surface area contributed by atoms with Crippen LogP contribution in [0.3, 0.4) is 0 Å². The highest BCUT2D eigenvalue weighted by Gasteiger charge is 2.41. The molecule has 20 heavy (non-hydrogen) atoms. The molecule has 1 aliphatic heterocycles. The summed E-state index contributed by atoms with van der Waals surface area (Å²) in [6, 6.07) is 0.527. The number of halogens is 1. The third-order valence-corrected chi connectivity index (χ3v) is 6.69. The summed E-state index contributed by atoms with van der Waals surface area (Å²) in [5.41, 5.74) is 5.85. The van der Waals surface area contributed by atoms with Gasteiger partial charge in [0.1, 0.15) is 0 Å². The van der Waals surface area contributed by atoms with E-state index in [4.69, 9.17) is 5.73 Å². The molecule has 2 aliphatic carbocycles. The van der Waals surface area contributed by atoms with Gasteiger partial charge in [-0.25, -0.2) is 0 Å². The quantitative estimate of drug-likeness (QED) is 0.851. The monoisotopic (exact) mass is 318 g/mol. The highest BCUT2D eigenvalue weighted by Crippen LogP contribution is 2.39. The molecule has 116 valence electrons. The lowest BCUT2D eigenvalue weighted by atomic mass is 9.90. The Bertz CT molecular complexity index is 340. The average Bonchev–Trinajstić information content (AvgIpc) is 2.94. The van der Waals surface area contributed by atoms with Crippen molar-refractivity contribution >= 4 is 30.1 Å². The molecule has 2 unspecified atom stereocenters. The number of thioether (sulfide) groups is 1. The molecular weight excluding hydrogens is 292 g/mol. The van der Waals surface area contributed by atoms with Gasteiger partial charge in [-0.15, -0.1) is 12.4 Å². The lowest BCUT2D eigenvalue weighted by Crippen LogP contribution is -2.54. The largest absolute Gasteiger partial charge is 0.338 e. The predicted octanol–water partition coefficient (Wildman–Crippen LogP) is 2.67. The first-order chi connectivity index (χ1) is 9.31. The average molecular weight is 319 g/mol. The predicted molar refractivity (Wildman–Crippen MR) is 87.3 cm³/mol. The Balaban J connectivity index is 0.00000147. The minimum absolute atomic E-state index is 0. The van der Waals surface area contributed by atoms with Crippen LogP contribution in [0, 0.1) is 11.8 Å². The van der Waals surface area contributed by atoms with E-state index >= 15 is 0 Å². The van der Waals surface area contributed by atoms with Crippen LogP contribution in [0.5, 0.6) is 0 Å². The van der Waals surface area contributed by atoms with Crippen molar-refractivity contribution in [1.82, 2.24) is 4.90 Å². The summed E-state index contributed by atoms with van der Waals surface area (Å²) in [7, 11) is 0. The Labute approximate surface area is 132 Å². The van der Waals surface area contributed by atoms with Crippen LogP contribution in [0.25, 0.3) is 0 Å². The standard InChI is InChI=1S/C15H26N2OS.ClH/c16-10-11-4-3-5-12(11)15(18)17-8-9-19-14-7-2-1-6-13(14)17;/h11-14H,1-10,16H2;1H/t11-,12-,13?,14?;/m1./s1. The van der Waals surface area contributed by atoms with Crippen molar-refractivity contribution in [1.29, 1.82) is 0 Å². The molecule has 3 fully saturated rings. The summed E-state index contributed by atoms with van der Waals surface area (Å²) < 4.78 is 0. The van der Waals surface area contributed by atoms with E-state index in [0.717, 1.165) is 25.1 Å². The molecule has 0 radical (unpaired) electrons. The van der Waals surface area contributed by atoms with Gasteiger partial charge in [0.25, 0.3) is 0 Å². The zero-order valence-corrected chi connectivity index (χ0v) is 13.8. The molecule has 3 rings (SSSR count). The van der Waals surface area contributed by atoms with Crippen LogP contribution in [0.15, 0.2) is 0 Å². The number of rotatable bonds is 2. The number of carbonyl (C=O) groups excluding carboxylic acids is 1. The topological polar surface area (TPSA) is 46.3 Å². The molecule has 2 saturated carbocycles. The van der Waals surface area contributed by atoms with Crippen molar-refractivity contribution in [3.63, 3.8) is 0 Å². The van der Waals surface area contributed by atoms with E-state index in [-0.39, 0.29) is 18.3 Å². The first-order valence-electron chi connectivity index (χ1n) is 7.93. The molecule has 0 aromatic rings. The molecule has 4 atom stereocenters. The second kappa shape index (κ2) is 7.37. The molecule has 1 heterocycles. The zero-order valence-electron chi connectivity index (χ0n) is 12.1. The van der Waals surface area contributed by atoms with Crippen molar-refractivity contribution in [3.05, 3.63) is 0 Å². The van der Waals surface area contributed by atoms with Crippen molar-refractivity contribution in [2.75, 3.05) is 18.8 Å². The van der Waals surface area contributed by atoms with E-state index in [2.05, 4.69) is 16.7 Å². The summed E-state index contributed by atoms with van der Waals surface area (Å²) in [5.74, 6) is 2.25. The van der Waals surface area contributed by atoms with Gasteiger partial charge in [0.05, 0.1) is 0 Å². The molecule has 0 aromatic carbocycles. The fraction of sp³-hybridized carbons (Fsp3) is 0.933. The Kier molecular flexibility index (Phi) is 6.06. The third kappa shape index (κ3) is 3.12. The van der Waals surface area contributed by atoms with Gasteiger partial charge in [0.2, 0.25) is 5.91 Å². The van der Waals surface area contributed by atoms with Gasteiger partial charge < -0.3 is 10.6 Å². The van der Waals surface area contributed by atoms with Crippen molar-refractivity contribution in [3.8, 4) is 0 Å². The van der Waals surface area contributed by atoms with E-state index in [1.807, 2.05) is 0 Å². The molecule has 5 heteroatoms. The van der Waals surface area contributed by atoms with Crippen molar-refractivity contribution in [2.45, 2.75) is 56.2 Å². The molecule has 2 N–H and O–H groups in total. The highest BCUT2D eigenvalue weighted by molar-refractivity contribution is 8.00. The maximum Gasteiger partial charge on any atom is 0.226 e. The minimum Gasteiger partial charge on any atom is -0.338 e. The van der Waals surface area contributed by atoms with Gasteiger partial charge in [-0.05, 0) is 38.1 Å². The maximum atomic E-state index is 12.9. The smallest absolute Gasteiger partial charge is 0.226 e. The maximum absolute atomic E-state index is 12.9. The number of nitrogens with zero attached hydrogens (tertiary/aromatic N) is 1. The molecular formula is C15H27ClN2OS. The van der Waals surface area contributed by atoms with E-state index in [0.29, 0.717) is 29.7 Å². The van der Waals surface area contributed by atoms with Gasteiger partial charge in [-0.3, -0.25) is 4.79 Å². The second-order valence-electron chi connectivity index (χ2n) is 6.33. The van der Waals surface area contributed by atoms with Gasteiger partial charge in [-0.2, -0.15) is 11.8 Å². The Morgan fingerprint density at radius 3 is 2.75 bits per heavy atom. The van der Waals surface area contributed by atoms with E-state index in [1.54, 1.807) is 0 Å². The summed E-state index contributed by atoms with van der Waals surface area (Å²) in [6.07, 6.45) is 8.61. The number of fused-ring (bicyclic) bond motifs is 1. The van der Waals surface area contributed by atoms with Crippen LogP contribution < -0.4 is 5.73 Å². The Morgan fingerprint density at radius 1 is 1.15 bits per heavy atom. The molecule has 3 nitrogen and oxygen atoms in total. The minimum atomic E-state index is 0. The van der Waals surface area contributed by atoms with Crippen LogP contribution in [0.2, 0.25) is 0 Å². The third-order valence-electron chi connectivity index (χ3n) is 5.29. The Hall–Kier alpha value is 0.0700. The van der Waals surface area contributed by atoms with E-state index in [1.165, 1.54) is 32.1 Å². The van der Waals surface area contributed by atoms with Gasteiger partial charge in [0, 0.05) is 29.5 Å². The zero-order chi connectivity index (χ0) is 13.2. The van der Waals surface area contributed by atoms with Crippen molar-refractivity contribution < 1.29 is 4.79 Å². The normalized spacial score (nSPS) is 37.1. The van der Waals surface area contributed by atoms with Gasteiger partial charge >= 0.3 is 0 Å². The summed E-state index contributed by atoms with van der Waals surface area (Å²) >= 11 is 2.10. The molecule has 1 amide bonds. The van der Waals surface area contributed by atoms with Crippen LogP contribution in [0.4, 0.5) is 0 Å². The molecule has 1 saturated heterocycles. The second-order valence-corrected chi connectivity index (χ2v) is 7.67. The Morgan fingerprint density at radius 2 is 1.95 bits per heavy atom. The van der Waals surface area contributed by atoms with Crippen LogP contribution >= 0.6 is 24.2 Å². The fourth-order valence-corrected chi connectivity index (χ4v) is 5.67. The lowest BCUT2D eigenvalue weighted by molar-refractivity contribution is -0.139. The first-order valence-corrected chi connectivity index (χ1v) is 8.98. The van der Waals surface area contributed by atoms with Crippen molar-refractivity contribution in [2.24, 2.45) is 17.6 Å². The van der Waals surface area contributed by atoms with E-state index in [9.17, 15) is 4.79 Å². The number of hydrogen-bond acceptors (Lipinski definition) is 3. The summed E-state index contributed by atoms with van der Waals surface area (Å²) in [4.78, 5) is 15.1. The number of carbonyl (C=O) groups is 1. The molecule has 0 aromatic heterocycles. The lowest BCUT2D eigenvalue weighted by Gasteiger charge is -2.45. The van der Waals surface area contributed by atoms with Crippen LogP contribution in [-0.2, 0) is 4.79 Å². The van der Waals surface area contributed by atoms with Gasteiger partial charge in [0.15, 0.2) is 0 Å². The molecule has 0 bridgehead atoms. The van der Waals surface area contributed by atoms with Crippen LogP contribution in [0.1, 0.15) is 44.9 Å². The molecule has 0 spiro atoms. The van der Waals surface area contributed by atoms with Gasteiger partial charge in [-0.1, -0.05) is 19.3 Å². The summed E-state index contributed by atoms with van der Waals surface area (Å²) in [6.45, 7) is 1.66. The SMILES string of the molecule is Cl.NC[C@H]1CCC[C@H]1C(=O)N1CCSC2CCCCC21. The number of amides is 1. The van der Waals surface area contributed by atoms with E-state index < -0.39 is 0 Å². The number of nitrogens with two attached hydrogens (primary N) is 1. The first kappa shape index (κ1) is 16.4.